The van der Waals surface area contributed by atoms with E-state index in [0.717, 1.165) is 0 Å². The molecule has 2 aliphatic rings. The Morgan fingerprint density at radius 2 is 1.85 bits per heavy atom. The zero-order valence-corrected chi connectivity index (χ0v) is 14.1. The zero-order valence-electron chi connectivity index (χ0n) is 14.1. The Bertz CT molecular complexity index is 934. The first kappa shape index (κ1) is 17.1. The van der Waals surface area contributed by atoms with Crippen molar-refractivity contribution in [2.75, 3.05) is 16.8 Å². The number of amides is 2. The first-order valence-corrected chi connectivity index (χ1v) is 8.07. The summed E-state index contributed by atoms with van der Waals surface area (Å²) in [5.74, 6) is -0.652. The molecular weight excluding hydrogens is 362 g/mol. The summed E-state index contributed by atoms with van der Waals surface area (Å²) in [6.07, 6.45) is -4.70. The molecule has 1 unspecified atom stereocenters. The van der Waals surface area contributed by atoms with Gasteiger partial charge in [-0.25, -0.2) is 0 Å². The predicted molar refractivity (Wildman–Crippen MR) is 90.2 cm³/mol. The van der Waals surface area contributed by atoms with Crippen LogP contribution in [0, 0.1) is 0 Å². The predicted octanol–water partition coefficient (Wildman–Crippen LogP) is 2.76. The van der Waals surface area contributed by atoms with Gasteiger partial charge in [-0.05, 0) is 24.3 Å². The summed E-state index contributed by atoms with van der Waals surface area (Å²) < 4.78 is 40.6. The number of nitrogens with one attached hydrogen (secondary N) is 1. The zero-order chi connectivity index (χ0) is 19.2. The average Bonchev–Trinajstić information content (AvgIpc) is 2.93. The van der Waals surface area contributed by atoms with E-state index in [2.05, 4.69) is 14.8 Å². The van der Waals surface area contributed by atoms with Crippen LogP contribution in [0.3, 0.4) is 0 Å². The number of fused-ring (bicyclic) bond motifs is 2. The number of carbonyl (C=O) groups excluding carboxylic acids is 2. The molecule has 0 bridgehead atoms. The first-order chi connectivity index (χ1) is 12.8. The van der Waals surface area contributed by atoms with Crippen molar-refractivity contribution in [2.45, 2.75) is 19.3 Å². The molecule has 1 N–H and O–H groups in total. The van der Waals surface area contributed by atoms with Crippen LogP contribution in [0.4, 0.5) is 20.2 Å². The van der Waals surface area contributed by atoms with Gasteiger partial charge in [0.25, 0.3) is 5.91 Å². The van der Waals surface area contributed by atoms with E-state index in [1.54, 1.807) is 24.3 Å². The van der Waals surface area contributed by atoms with Gasteiger partial charge in [-0.15, -0.1) is 8.78 Å². The molecule has 140 valence electrons. The lowest BCUT2D eigenvalue weighted by Crippen LogP contribution is -2.48. The van der Waals surface area contributed by atoms with Crippen LogP contribution in [-0.2, 0) is 9.59 Å². The fourth-order valence-corrected chi connectivity index (χ4v) is 2.92. The van der Waals surface area contributed by atoms with Crippen LogP contribution in [0.15, 0.2) is 42.5 Å². The molecule has 0 saturated heterocycles. The highest BCUT2D eigenvalue weighted by Gasteiger charge is 2.43. The quantitative estimate of drug-likeness (QED) is 0.872. The standard InChI is InChI=1S/C18H14F2N2O5/c1-10(23)22-9-16(25-13-5-3-2-4-12(13)22)17(24)21-11-6-7-14-15(8-11)27-18(19,20)26-14/h2-8,16H,9H2,1H3,(H,21,24). The Labute approximate surface area is 152 Å². The lowest BCUT2D eigenvalue weighted by atomic mass is 10.1. The van der Waals surface area contributed by atoms with Crippen molar-refractivity contribution in [3.63, 3.8) is 0 Å². The van der Waals surface area contributed by atoms with Gasteiger partial charge in [0.2, 0.25) is 5.91 Å². The molecule has 0 saturated carbocycles. The van der Waals surface area contributed by atoms with Gasteiger partial charge in [0.1, 0.15) is 5.75 Å². The van der Waals surface area contributed by atoms with Gasteiger partial charge in [0.15, 0.2) is 17.6 Å². The molecular formula is C18H14F2N2O5. The molecule has 2 aliphatic heterocycles. The third-order valence-electron chi connectivity index (χ3n) is 4.12. The van der Waals surface area contributed by atoms with Crippen molar-refractivity contribution < 1.29 is 32.6 Å². The van der Waals surface area contributed by atoms with Crippen molar-refractivity contribution in [1.82, 2.24) is 0 Å². The van der Waals surface area contributed by atoms with Gasteiger partial charge in [-0.1, -0.05) is 12.1 Å². The topological polar surface area (TPSA) is 77.1 Å². The van der Waals surface area contributed by atoms with Crippen molar-refractivity contribution in [2.24, 2.45) is 0 Å². The number of hydrogen-bond acceptors (Lipinski definition) is 5. The van der Waals surface area contributed by atoms with Crippen LogP contribution in [0.1, 0.15) is 6.92 Å². The number of rotatable bonds is 2. The van der Waals surface area contributed by atoms with Crippen LogP contribution in [0.5, 0.6) is 17.2 Å². The monoisotopic (exact) mass is 376 g/mol. The lowest BCUT2D eigenvalue weighted by Gasteiger charge is -2.33. The molecule has 2 aromatic carbocycles. The molecule has 2 heterocycles. The van der Waals surface area contributed by atoms with Gasteiger partial charge in [-0.2, -0.15) is 0 Å². The summed E-state index contributed by atoms with van der Waals surface area (Å²) in [6.45, 7) is 1.43. The number of benzene rings is 2. The van der Waals surface area contributed by atoms with E-state index in [0.29, 0.717) is 11.4 Å². The van der Waals surface area contributed by atoms with Gasteiger partial charge < -0.3 is 24.4 Å². The number of halogens is 2. The van der Waals surface area contributed by atoms with Gasteiger partial charge in [-0.3, -0.25) is 9.59 Å². The average molecular weight is 376 g/mol. The van der Waals surface area contributed by atoms with E-state index in [1.807, 2.05) is 0 Å². The summed E-state index contributed by atoms with van der Waals surface area (Å²) in [4.78, 5) is 25.9. The van der Waals surface area contributed by atoms with Gasteiger partial charge >= 0.3 is 6.29 Å². The highest BCUT2D eigenvalue weighted by atomic mass is 19.3. The molecule has 0 aliphatic carbocycles. The Kier molecular flexibility index (Phi) is 3.87. The van der Waals surface area contributed by atoms with E-state index in [-0.39, 0.29) is 29.6 Å². The van der Waals surface area contributed by atoms with E-state index in [1.165, 1.54) is 30.0 Å². The van der Waals surface area contributed by atoms with Crippen molar-refractivity contribution in [3.05, 3.63) is 42.5 Å². The number of para-hydroxylation sites is 2. The third-order valence-corrected chi connectivity index (χ3v) is 4.12. The molecule has 2 amide bonds. The Morgan fingerprint density at radius 3 is 2.63 bits per heavy atom. The number of ether oxygens (including phenoxy) is 3. The number of carbonyl (C=O) groups is 2. The van der Waals surface area contributed by atoms with E-state index < -0.39 is 18.3 Å². The van der Waals surface area contributed by atoms with Crippen LogP contribution in [-0.4, -0.2) is 30.8 Å². The molecule has 0 radical (unpaired) electrons. The molecule has 1 atom stereocenters. The molecule has 0 aromatic heterocycles. The van der Waals surface area contributed by atoms with E-state index in [4.69, 9.17) is 4.74 Å². The van der Waals surface area contributed by atoms with Crippen LogP contribution < -0.4 is 24.4 Å². The maximum absolute atomic E-state index is 13.1. The fraction of sp³-hybridized carbons (Fsp3) is 0.222. The summed E-state index contributed by atoms with van der Waals surface area (Å²) in [6, 6.07) is 10.8. The smallest absolute Gasteiger partial charge is 0.476 e. The minimum atomic E-state index is -3.73. The molecule has 0 spiro atoms. The summed E-state index contributed by atoms with van der Waals surface area (Å²) in [5, 5.41) is 2.58. The van der Waals surface area contributed by atoms with Crippen molar-refractivity contribution in [3.8, 4) is 17.2 Å². The third kappa shape index (κ3) is 3.23. The molecule has 2 aromatic rings. The highest BCUT2D eigenvalue weighted by molar-refractivity contribution is 5.99. The SMILES string of the molecule is CC(=O)N1CC(C(=O)Nc2ccc3c(c2)OC(F)(F)O3)Oc2ccccc21. The summed E-state index contributed by atoms with van der Waals surface area (Å²) in [5.41, 5.74) is 0.816. The molecule has 7 nitrogen and oxygen atoms in total. The van der Waals surface area contributed by atoms with E-state index >= 15 is 0 Å². The van der Waals surface area contributed by atoms with E-state index in [9.17, 15) is 18.4 Å². The number of anilines is 2. The maximum Gasteiger partial charge on any atom is 0.586 e. The Hall–Kier alpha value is -3.36. The summed E-state index contributed by atoms with van der Waals surface area (Å²) in [7, 11) is 0. The molecule has 4 rings (SSSR count). The first-order valence-electron chi connectivity index (χ1n) is 8.07. The van der Waals surface area contributed by atoms with Crippen molar-refractivity contribution in [1.29, 1.82) is 0 Å². The van der Waals surface area contributed by atoms with Crippen LogP contribution >= 0.6 is 0 Å². The minimum absolute atomic E-state index is 0.0286. The maximum atomic E-state index is 13.1. The highest BCUT2D eigenvalue weighted by Crippen LogP contribution is 2.42. The fourth-order valence-electron chi connectivity index (χ4n) is 2.92. The normalized spacial score (nSPS) is 19.1. The second-order valence-electron chi connectivity index (χ2n) is 6.02. The largest absolute Gasteiger partial charge is 0.586 e. The summed E-state index contributed by atoms with van der Waals surface area (Å²) >= 11 is 0. The number of nitrogens with zero attached hydrogens (tertiary/aromatic N) is 1. The second-order valence-corrected chi connectivity index (χ2v) is 6.02. The Balaban J connectivity index is 1.52. The second kappa shape index (κ2) is 6.11. The van der Waals surface area contributed by atoms with Crippen molar-refractivity contribution >= 4 is 23.2 Å². The van der Waals surface area contributed by atoms with Gasteiger partial charge in [0, 0.05) is 18.7 Å². The molecule has 27 heavy (non-hydrogen) atoms. The van der Waals surface area contributed by atoms with Gasteiger partial charge in [0.05, 0.1) is 12.2 Å². The number of hydrogen-bond donors (Lipinski definition) is 1. The molecule has 9 heteroatoms. The molecule has 0 fully saturated rings. The lowest BCUT2D eigenvalue weighted by molar-refractivity contribution is -0.286. The van der Waals surface area contributed by atoms with Crippen LogP contribution in [0.2, 0.25) is 0 Å². The minimum Gasteiger partial charge on any atom is -0.476 e. The number of alkyl halides is 2. The van der Waals surface area contributed by atoms with Crippen LogP contribution in [0.25, 0.3) is 0 Å². The Morgan fingerprint density at radius 1 is 1.11 bits per heavy atom.